The first kappa shape index (κ1) is 15.0. The monoisotopic (exact) mass is 301 g/mol. The maximum atomic E-state index is 12.4. The smallest absolute Gasteiger partial charge is 0.227 e. The second-order valence-corrected chi connectivity index (χ2v) is 6.03. The van der Waals surface area contributed by atoms with Crippen molar-refractivity contribution in [2.45, 2.75) is 26.2 Å². The largest absolute Gasteiger partial charge is 0.340 e. The zero-order valence-electron chi connectivity index (χ0n) is 13.1. The summed E-state index contributed by atoms with van der Waals surface area (Å²) in [5.41, 5.74) is 3.07. The Balaban J connectivity index is 1.61. The maximum Gasteiger partial charge on any atom is 0.227 e. The van der Waals surface area contributed by atoms with E-state index >= 15 is 0 Å². The van der Waals surface area contributed by atoms with E-state index in [0.717, 1.165) is 56.0 Å². The van der Waals surface area contributed by atoms with Gasteiger partial charge in [-0.25, -0.2) is 0 Å². The fraction of sp³-hybridized carbons (Fsp3) is 0.529. The van der Waals surface area contributed by atoms with Gasteiger partial charge in [0.15, 0.2) is 0 Å². The van der Waals surface area contributed by atoms with Gasteiger partial charge < -0.3 is 15.1 Å². The molecule has 0 atom stereocenters. The van der Waals surface area contributed by atoms with Crippen molar-refractivity contribution >= 4 is 17.5 Å². The predicted octanol–water partition coefficient (Wildman–Crippen LogP) is 1.28. The van der Waals surface area contributed by atoms with Gasteiger partial charge in [0.25, 0.3) is 0 Å². The highest BCUT2D eigenvalue weighted by Crippen LogP contribution is 2.24. The fourth-order valence-electron chi connectivity index (χ4n) is 3.15. The van der Waals surface area contributed by atoms with Crippen LogP contribution in [-0.2, 0) is 22.4 Å². The Morgan fingerprint density at radius 2 is 1.95 bits per heavy atom. The summed E-state index contributed by atoms with van der Waals surface area (Å²) in [4.78, 5) is 28.1. The van der Waals surface area contributed by atoms with Crippen LogP contribution in [0.2, 0.25) is 0 Å². The molecule has 0 radical (unpaired) electrons. The summed E-state index contributed by atoms with van der Waals surface area (Å²) in [6.45, 7) is 6.81. The van der Waals surface area contributed by atoms with Gasteiger partial charge >= 0.3 is 0 Å². The number of nitrogens with one attached hydrogen (secondary N) is 1. The Morgan fingerprint density at radius 1 is 1.18 bits per heavy atom. The number of carbonyl (C=O) groups is 2. The zero-order chi connectivity index (χ0) is 15.5. The molecule has 0 aromatic heterocycles. The second kappa shape index (κ2) is 6.48. The number of benzene rings is 1. The molecule has 0 aliphatic carbocycles. The van der Waals surface area contributed by atoms with Crippen LogP contribution in [0.5, 0.6) is 0 Å². The van der Waals surface area contributed by atoms with Crippen LogP contribution in [0.1, 0.15) is 24.5 Å². The van der Waals surface area contributed by atoms with Crippen molar-refractivity contribution in [2.24, 2.45) is 0 Å². The summed E-state index contributed by atoms with van der Waals surface area (Å²) in [5, 5.41) is 2.88. The van der Waals surface area contributed by atoms with Crippen molar-refractivity contribution in [3.05, 3.63) is 29.3 Å². The number of hydrogen-bond acceptors (Lipinski definition) is 3. The van der Waals surface area contributed by atoms with Crippen LogP contribution in [0.25, 0.3) is 0 Å². The van der Waals surface area contributed by atoms with E-state index in [0.29, 0.717) is 12.8 Å². The van der Waals surface area contributed by atoms with Crippen molar-refractivity contribution in [3.8, 4) is 0 Å². The van der Waals surface area contributed by atoms with E-state index in [1.807, 2.05) is 17.0 Å². The lowest BCUT2D eigenvalue weighted by Crippen LogP contribution is -2.48. The van der Waals surface area contributed by atoms with Crippen LogP contribution in [0.15, 0.2) is 18.2 Å². The van der Waals surface area contributed by atoms with Gasteiger partial charge in [-0.1, -0.05) is 19.1 Å². The third kappa shape index (κ3) is 3.30. The molecule has 5 nitrogen and oxygen atoms in total. The lowest BCUT2D eigenvalue weighted by molar-refractivity contribution is -0.132. The van der Waals surface area contributed by atoms with Crippen molar-refractivity contribution < 1.29 is 9.59 Å². The molecule has 5 heteroatoms. The van der Waals surface area contributed by atoms with Gasteiger partial charge in [0.1, 0.15) is 0 Å². The number of hydrogen-bond donors (Lipinski definition) is 1. The minimum Gasteiger partial charge on any atom is -0.340 e. The van der Waals surface area contributed by atoms with Crippen LogP contribution in [0, 0.1) is 0 Å². The van der Waals surface area contributed by atoms with E-state index in [1.54, 1.807) is 0 Å². The number of fused-ring (bicyclic) bond motifs is 1. The van der Waals surface area contributed by atoms with Gasteiger partial charge in [0, 0.05) is 38.3 Å². The minimum absolute atomic E-state index is 0.0742. The van der Waals surface area contributed by atoms with Gasteiger partial charge in [-0.05, 0) is 30.2 Å². The first-order valence-corrected chi connectivity index (χ1v) is 8.07. The first-order valence-electron chi connectivity index (χ1n) is 8.07. The van der Waals surface area contributed by atoms with E-state index in [4.69, 9.17) is 0 Å². The molecule has 1 saturated heterocycles. The molecule has 0 bridgehead atoms. The topological polar surface area (TPSA) is 52.7 Å². The number of aryl methyl sites for hydroxylation is 1. The molecular formula is C17H23N3O2. The van der Waals surface area contributed by atoms with Crippen LogP contribution >= 0.6 is 0 Å². The van der Waals surface area contributed by atoms with Crippen LogP contribution in [0.3, 0.4) is 0 Å². The molecule has 1 aromatic rings. The van der Waals surface area contributed by atoms with Crippen molar-refractivity contribution in [1.29, 1.82) is 0 Å². The van der Waals surface area contributed by atoms with E-state index in [9.17, 15) is 9.59 Å². The van der Waals surface area contributed by atoms with Crippen LogP contribution < -0.4 is 5.32 Å². The Kier molecular flexibility index (Phi) is 4.43. The van der Waals surface area contributed by atoms with E-state index in [2.05, 4.69) is 23.2 Å². The van der Waals surface area contributed by atoms with Crippen molar-refractivity contribution in [2.75, 3.05) is 38.0 Å². The summed E-state index contributed by atoms with van der Waals surface area (Å²) in [5.74, 6) is 0.278. The number of rotatable bonds is 3. The third-order valence-corrected chi connectivity index (χ3v) is 4.59. The number of carbonyl (C=O) groups excluding carboxylic acids is 2. The second-order valence-electron chi connectivity index (χ2n) is 6.03. The number of piperazine rings is 1. The Bertz CT molecular complexity index is 577. The number of nitrogens with zero attached hydrogens (tertiary/aromatic N) is 2. The number of amides is 2. The minimum atomic E-state index is 0.0742. The molecule has 3 rings (SSSR count). The Morgan fingerprint density at radius 3 is 2.68 bits per heavy atom. The lowest BCUT2D eigenvalue weighted by atomic mass is 9.99. The molecule has 1 fully saturated rings. The maximum absolute atomic E-state index is 12.4. The molecule has 2 aliphatic heterocycles. The van der Waals surface area contributed by atoms with Crippen molar-refractivity contribution in [3.63, 3.8) is 0 Å². The average Bonchev–Trinajstić information content (AvgIpc) is 2.55. The first-order chi connectivity index (χ1) is 10.7. The summed E-state index contributed by atoms with van der Waals surface area (Å²) < 4.78 is 0. The molecule has 0 spiro atoms. The van der Waals surface area contributed by atoms with E-state index in [1.165, 1.54) is 0 Å². The molecule has 2 heterocycles. The normalized spacial score (nSPS) is 18.8. The highest BCUT2D eigenvalue weighted by Gasteiger charge is 2.21. The quantitative estimate of drug-likeness (QED) is 0.915. The summed E-state index contributed by atoms with van der Waals surface area (Å²) in [6.07, 6.45) is 1.75. The summed E-state index contributed by atoms with van der Waals surface area (Å²) in [7, 11) is 0. The molecule has 22 heavy (non-hydrogen) atoms. The zero-order valence-corrected chi connectivity index (χ0v) is 13.1. The van der Waals surface area contributed by atoms with Gasteiger partial charge in [-0.2, -0.15) is 0 Å². The number of anilines is 1. The lowest BCUT2D eigenvalue weighted by Gasteiger charge is -2.34. The molecular weight excluding hydrogens is 278 g/mol. The molecule has 118 valence electrons. The molecule has 0 saturated carbocycles. The SMILES string of the molecule is CCN1CCN(C(=O)Cc2ccc3c(c2)CCC(=O)N3)CC1. The Labute approximate surface area is 131 Å². The standard InChI is InChI=1S/C17H23N3O2/c1-2-19-7-9-20(10-8-19)17(22)12-13-3-5-15-14(11-13)4-6-16(21)18-15/h3,5,11H,2,4,6-10,12H2,1H3,(H,18,21). The Hall–Kier alpha value is -1.88. The third-order valence-electron chi connectivity index (χ3n) is 4.59. The molecule has 2 amide bonds. The molecule has 2 aliphatic rings. The van der Waals surface area contributed by atoms with Gasteiger partial charge in [0.05, 0.1) is 6.42 Å². The van der Waals surface area contributed by atoms with Gasteiger partial charge in [0.2, 0.25) is 11.8 Å². The summed E-state index contributed by atoms with van der Waals surface area (Å²) >= 11 is 0. The highest BCUT2D eigenvalue weighted by atomic mass is 16.2. The van der Waals surface area contributed by atoms with Crippen LogP contribution in [-0.4, -0.2) is 54.3 Å². The fourth-order valence-corrected chi connectivity index (χ4v) is 3.15. The predicted molar refractivity (Wildman–Crippen MR) is 85.8 cm³/mol. The summed E-state index contributed by atoms with van der Waals surface area (Å²) in [6, 6.07) is 5.93. The highest BCUT2D eigenvalue weighted by molar-refractivity contribution is 5.94. The van der Waals surface area contributed by atoms with Gasteiger partial charge in [-0.3, -0.25) is 9.59 Å². The molecule has 0 unspecified atom stereocenters. The van der Waals surface area contributed by atoms with Crippen molar-refractivity contribution in [1.82, 2.24) is 9.80 Å². The van der Waals surface area contributed by atoms with Gasteiger partial charge in [-0.15, -0.1) is 0 Å². The molecule has 1 N–H and O–H groups in total. The van der Waals surface area contributed by atoms with E-state index in [-0.39, 0.29) is 11.8 Å². The average molecular weight is 301 g/mol. The van der Waals surface area contributed by atoms with Crippen LogP contribution in [0.4, 0.5) is 5.69 Å². The van der Waals surface area contributed by atoms with E-state index < -0.39 is 0 Å². The number of likely N-dealkylation sites (N-methyl/N-ethyl adjacent to an activating group) is 1. The molecule has 1 aromatic carbocycles.